The van der Waals surface area contributed by atoms with Crippen LogP contribution < -0.4 is 5.63 Å². The molecule has 4 fully saturated rings. The summed E-state index contributed by atoms with van der Waals surface area (Å²) >= 11 is 0. The summed E-state index contributed by atoms with van der Waals surface area (Å²) in [5.41, 5.74) is 0.0458. The lowest BCUT2D eigenvalue weighted by atomic mass is 9.43. The number of hydrogen-bond donors (Lipinski definition) is 1. The average Bonchev–Trinajstić information content (AvgIpc) is 3.15. The number of rotatable bonds is 5. The Morgan fingerprint density at radius 3 is 2.51 bits per heavy atom. The number of aliphatic hydroxyl groups is 1. The Morgan fingerprint density at radius 1 is 1.11 bits per heavy atom. The highest BCUT2D eigenvalue weighted by Crippen LogP contribution is 2.70. The molecule has 1 aromatic heterocycles. The number of amides is 1. The molecule has 9 atom stereocenters. The van der Waals surface area contributed by atoms with E-state index >= 15 is 0 Å². The van der Waals surface area contributed by atoms with E-state index in [1.165, 1.54) is 6.07 Å². The molecule has 37 heavy (non-hydrogen) atoms. The second-order valence-electron chi connectivity index (χ2n) is 13.6. The van der Waals surface area contributed by atoms with E-state index in [1.807, 2.05) is 31.9 Å². The summed E-state index contributed by atoms with van der Waals surface area (Å²) in [5, 5.41) is 12.4. The van der Waals surface area contributed by atoms with Crippen molar-refractivity contribution in [1.29, 1.82) is 0 Å². The van der Waals surface area contributed by atoms with Gasteiger partial charge in [-0.3, -0.25) is 9.79 Å². The lowest BCUT2D eigenvalue weighted by molar-refractivity contribution is -0.203. The fraction of sp³-hybridized carbons (Fsp3) is 0.774. The summed E-state index contributed by atoms with van der Waals surface area (Å²) in [6.07, 6.45) is 10.9. The van der Waals surface area contributed by atoms with Gasteiger partial charge >= 0.3 is 5.63 Å². The third-order valence-electron chi connectivity index (χ3n) is 11.9. The van der Waals surface area contributed by atoms with Crippen LogP contribution in [0.1, 0.15) is 97.0 Å². The highest BCUT2D eigenvalue weighted by atomic mass is 16.4. The predicted octanol–water partition coefficient (Wildman–Crippen LogP) is 5.43. The molecule has 1 aromatic rings. The van der Waals surface area contributed by atoms with Crippen LogP contribution in [0.15, 0.2) is 32.6 Å². The maximum Gasteiger partial charge on any atom is 0.335 e. The molecule has 6 heteroatoms. The van der Waals surface area contributed by atoms with Crippen LogP contribution in [0.2, 0.25) is 0 Å². The molecule has 4 aliphatic carbocycles. The molecule has 0 bridgehead atoms. The van der Waals surface area contributed by atoms with Gasteiger partial charge in [0.25, 0.3) is 0 Å². The van der Waals surface area contributed by atoms with Crippen LogP contribution in [0.5, 0.6) is 0 Å². The molecule has 0 radical (unpaired) electrons. The molecule has 0 saturated heterocycles. The Kier molecular flexibility index (Phi) is 6.74. The monoisotopic (exact) mass is 510 g/mol. The van der Waals surface area contributed by atoms with E-state index in [-0.39, 0.29) is 46.3 Å². The van der Waals surface area contributed by atoms with Crippen LogP contribution in [0.4, 0.5) is 0 Å². The van der Waals surface area contributed by atoms with Gasteiger partial charge in [0.15, 0.2) is 0 Å². The zero-order valence-electron chi connectivity index (χ0n) is 23.4. The molecule has 9 unspecified atom stereocenters. The zero-order valence-corrected chi connectivity index (χ0v) is 23.4. The van der Waals surface area contributed by atoms with Crippen LogP contribution in [-0.2, 0) is 4.79 Å². The third kappa shape index (κ3) is 3.95. The van der Waals surface area contributed by atoms with Crippen molar-refractivity contribution in [3.63, 3.8) is 0 Å². The fourth-order valence-electron chi connectivity index (χ4n) is 9.62. The van der Waals surface area contributed by atoms with E-state index in [0.717, 1.165) is 63.4 Å². The molecule has 5 rings (SSSR count). The van der Waals surface area contributed by atoms with Gasteiger partial charge in [0.1, 0.15) is 6.04 Å². The van der Waals surface area contributed by atoms with Gasteiger partial charge in [-0.1, -0.05) is 27.7 Å². The van der Waals surface area contributed by atoms with E-state index in [2.05, 4.69) is 25.6 Å². The van der Waals surface area contributed by atoms with E-state index < -0.39 is 5.60 Å². The Balaban J connectivity index is 1.34. The number of hydrogen-bond acceptors (Lipinski definition) is 5. The quantitative estimate of drug-likeness (QED) is 0.535. The van der Waals surface area contributed by atoms with Crippen molar-refractivity contribution in [1.82, 2.24) is 4.90 Å². The van der Waals surface area contributed by atoms with E-state index in [4.69, 9.17) is 4.42 Å². The van der Waals surface area contributed by atoms with E-state index in [1.54, 1.807) is 6.26 Å². The summed E-state index contributed by atoms with van der Waals surface area (Å²) < 4.78 is 5.23. The number of fused-ring (bicyclic) bond motifs is 5. The minimum absolute atomic E-state index is 0.101. The minimum Gasteiger partial charge on any atom is -0.431 e. The largest absolute Gasteiger partial charge is 0.431 e. The predicted molar refractivity (Wildman–Crippen MR) is 146 cm³/mol. The molecule has 1 heterocycles. The first kappa shape index (κ1) is 26.6. The van der Waals surface area contributed by atoms with Crippen LogP contribution in [0, 0.1) is 34.5 Å². The average molecular weight is 511 g/mol. The topological polar surface area (TPSA) is 83.1 Å². The van der Waals surface area contributed by atoms with E-state index in [0.29, 0.717) is 17.8 Å². The van der Waals surface area contributed by atoms with Crippen molar-refractivity contribution in [2.45, 2.75) is 109 Å². The minimum atomic E-state index is -0.686. The molecule has 0 aromatic carbocycles. The summed E-state index contributed by atoms with van der Waals surface area (Å²) in [4.78, 5) is 30.8. The Bertz CT molecular complexity index is 1080. The molecule has 204 valence electrons. The first-order valence-electron chi connectivity index (χ1n) is 14.5. The van der Waals surface area contributed by atoms with Crippen molar-refractivity contribution in [3.05, 3.63) is 34.4 Å². The van der Waals surface area contributed by atoms with Crippen LogP contribution >= 0.6 is 0 Å². The molecule has 0 aliphatic heterocycles. The van der Waals surface area contributed by atoms with E-state index in [9.17, 15) is 14.7 Å². The van der Waals surface area contributed by atoms with Crippen molar-refractivity contribution < 1.29 is 14.3 Å². The number of aliphatic imine (C=N–C) groups is 1. The molecular weight excluding hydrogens is 464 g/mol. The molecule has 4 saturated carbocycles. The van der Waals surface area contributed by atoms with Gasteiger partial charge in [-0.15, -0.1) is 0 Å². The molecule has 0 spiro atoms. The summed E-state index contributed by atoms with van der Waals surface area (Å²) in [6, 6.07) is 3.31. The van der Waals surface area contributed by atoms with Crippen LogP contribution in [0.25, 0.3) is 0 Å². The normalized spacial score (nSPS) is 41.9. The van der Waals surface area contributed by atoms with Gasteiger partial charge in [-0.05, 0) is 111 Å². The van der Waals surface area contributed by atoms with Crippen molar-refractivity contribution in [3.8, 4) is 0 Å². The maximum absolute atomic E-state index is 13.2. The fourth-order valence-corrected chi connectivity index (χ4v) is 9.62. The number of nitrogens with zero attached hydrogens (tertiary/aromatic N) is 2. The maximum atomic E-state index is 13.2. The highest BCUT2D eigenvalue weighted by molar-refractivity contribution is 5.83. The number of carbonyl (C=O) groups is 1. The lowest BCUT2D eigenvalue weighted by Crippen LogP contribution is -2.62. The summed E-state index contributed by atoms with van der Waals surface area (Å²) in [5.74, 6) is 1.86. The Hall–Kier alpha value is -1.95. The van der Waals surface area contributed by atoms with Gasteiger partial charge in [0.05, 0.1) is 11.9 Å². The van der Waals surface area contributed by atoms with Crippen molar-refractivity contribution >= 4 is 12.6 Å². The first-order chi connectivity index (χ1) is 17.5. The standard InChI is InChI=1S/C31H46N2O4/c1-19(2)27(32-5)28(35)33(6)22-11-14-29(3)21(17-22)8-9-25-24(29)12-15-30(4)23(13-16-31(25,30)36)20-7-10-26(34)37-18-20/h7,10,18-19,21-25,27,36H,5,8-9,11-17H2,1-4,6H3. The van der Waals surface area contributed by atoms with Gasteiger partial charge < -0.3 is 14.4 Å². The molecular formula is C31H46N2O4. The van der Waals surface area contributed by atoms with Crippen LogP contribution in [0.3, 0.4) is 0 Å². The number of carbonyl (C=O) groups excluding carboxylic acids is 1. The van der Waals surface area contributed by atoms with Gasteiger partial charge in [-0.25, -0.2) is 4.79 Å². The van der Waals surface area contributed by atoms with Gasteiger partial charge in [0.2, 0.25) is 5.91 Å². The Morgan fingerprint density at radius 2 is 1.86 bits per heavy atom. The molecule has 4 aliphatic rings. The molecule has 1 amide bonds. The Labute approximate surface area is 221 Å². The van der Waals surface area contributed by atoms with Crippen molar-refractivity contribution in [2.75, 3.05) is 7.05 Å². The lowest BCUT2D eigenvalue weighted by Gasteiger charge is -2.64. The third-order valence-corrected chi connectivity index (χ3v) is 11.9. The first-order valence-corrected chi connectivity index (χ1v) is 14.5. The SMILES string of the molecule is C=NC(C(=O)N(C)C1CCC2(C)C(CCC3C2CCC2(C)C(c4ccc(=O)oc4)CCC32O)C1)C(C)C. The summed E-state index contributed by atoms with van der Waals surface area (Å²) in [7, 11) is 1.96. The number of likely N-dealkylation sites (N-methyl/N-ethyl adjacent to an activating group) is 1. The summed E-state index contributed by atoms with van der Waals surface area (Å²) in [6.45, 7) is 12.5. The van der Waals surface area contributed by atoms with Gasteiger partial charge in [-0.2, -0.15) is 0 Å². The van der Waals surface area contributed by atoms with Crippen LogP contribution in [-0.4, -0.2) is 47.4 Å². The van der Waals surface area contributed by atoms with Gasteiger partial charge in [0, 0.05) is 24.6 Å². The van der Waals surface area contributed by atoms with Crippen molar-refractivity contribution in [2.24, 2.45) is 39.5 Å². The zero-order chi connectivity index (χ0) is 26.8. The molecule has 6 nitrogen and oxygen atoms in total. The second kappa shape index (κ2) is 9.36. The molecule has 1 N–H and O–H groups in total. The second-order valence-corrected chi connectivity index (χ2v) is 13.6. The highest BCUT2D eigenvalue weighted by Gasteiger charge is 2.67. The smallest absolute Gasteiger partial charge is 0.335 e.